The summed E-state index contributed by atoms with van der Waals surface area (Å²) in [6.07, 6.45) is 1.76. The highest BCUT2D eigenvalue weighted by molar-refractivity contribution is 7.87. The van der Waals surface area contributed by atoms with Gasteiger partial charge in [-0.05, 0) is 12.5 Å². The number of halogens is 1. The van der Waals surface area contributed by atoms with E-state index in [9.17, 15) is 22.8 Å². The summed E-state index contributed by atoms with van der Waals surface area (Å²) in [7, 11) is -4.18. The first kappa shape index (κ1) is 28.8. The quantitative estimate of drug-likeness (QED) is 0.370. The zero-order chi connectivity index (χ0) is 22.9. The van der Waals surface area contributed by atoms with Gasteiger partial charge in [0, 0.05) is 37.2 Å². The zero-order valence-electron chi connectivity index (χ0n) is 18.1. The molecular weight excluding hydrogens is 452 g/mol. The summed E-state index contributed by atoms with van der Waals surface area (Å²) in [5.74, 6) is -2.11. The number of nitrogens with zero attached hydrogens (tertiary/aromatic N) is 1. The van der Waals surface area contributed by atoms with Crippen molar-refractivity contribution in [3.63, 3.8) is 0 Å². The van der Waals surface area contributed by atoms with Gasteiger partial charge in [0.05, 0.1) is 6.61 Å². The summed E-state index contributed by atoms with van der Waals surface area (Å²) >= 11 is 0. The molecule has 1 heterocycles. The van der Waals surface area contributed by atoms with Crippen LogP contribution >= 0.6 is 12.4 Å². The maximum atomic E-state index is 12.6. The number of hydrogen-bond acceptors (Lipinski definition) is 9. The molecule has 176 valence electrons. The Labute approximate surface area is 188 Å². The topological polar surface area (TPSA) is 138 Å². The van der Waals surface area contributed by atoms with Crippen LogP contribution in [0.1, 0.15) is 46.6 Å². The number of amides is 1. The Hall–Kier alpha value is -2.24. The molecule has 0 aliphatic carbocycles. The van der Waals surface area contributed by atoms with Crippen molar-refractivity contribution in [2.24, 2.45) is 5.41 Å². The predicted octanol–water partition coefficient (Wildman–Crippen LogP) is 1.72. The van der Waals surface area contributed by atoms with E-state index >= 15 is 0 Å². The normalized spacial score (nSPS) is 13.3. The van der Waals surface area contributed by atoms with Crippen LogP contribution in [0.25, 0.3) is 0 Å². The number of hydrogen-bond donors (Lipinski definition) is 1. The molecule has 1 aromatic heterocycles. The van der Waals surface area contributed by atoms with Gasteiger partial charge in [-0.25, -0.2) is 4.79 Å². The van der Waals surface area contributed by atoms with Crippen molar-refractivity contribution < 1.29 is 36.5 Å². The van der Waals surface area contributed by atoms with Crippen molar-refractivity contribution in [1.29, 1.82) is 0 Å². The van der Waals surface area contributed by atoms with E-state index in [0.717, 1.165) is 6.92 Å². The molecule has 12 heteroatoms. The number of pyridine rings is 1. The van der Waals surface area contributed by atoms with Gasteiger partial charge in [0.2, 0.25) is 12.0 Å². The molecule has 0 aromatic carbocycles. The minimum atomic E-state index is -4.18. The van der Waals surface area contributed by atoms with E-state index in [0.29, 0.717) is 5.56 Å². The van der Waals surface area contributed by atoms with E-state index in [4.69, 9.17) is 13.7 Å². The Balaban J connectivity index is 0.00000900. The average Bonchev–Trinajstić information content (AvgIpc) is 2.67. The molecule has 0 radical (unpaired) electrons. The molecule has 0 spiro atoms. The Bertz CT molecular complexity index is 846. The third kappa shape index (κ3) is 9.62. The molecule has 0 aliphatic rings. The minimum absolute atomic E-state index is 0. The van der Waals surface area contributed by atoms with Crippen molar-refractivity contribution in [2.75, 3.05) is 6.61 Å². The standard InChI is InChI=1S/C19H28N2O8S.ClH/c1-6-16(21-13(2)22)30(25,26)28-12-19(4,5)17(29-14(3)23)18(24)27-11-15-8-7-9-20-10-15;/h7-10,16-17H,6,11-12H2,1-5H3,(H,21,22);1H/t16?,17-;/m0./s1. The van der Waals surface area contributed by atoms with Crippen molar-refractivity contribution in [3.8, 4) is 0 Å². The Morgan fingerprint density at radius 1 is 1.23 bits per heavy atom. The second-order valence-electron chi connectivity index (χ2n) is 7.30. The second-order valence-corrected chi connectivity index (χ2v) is 9.09. The third-order valence-electron chi connectivity index (χ3n) is 3.99. The SMILES string of the molecule is CCC(NC(C)=O)S(=O)(=O)OCC(C)(C)[C@@H](OC(C)=O)C(=O)OCc1cccnc1.Cl. The van der Waals surface area contributed by atoms with E-state index in [1.165, 1.54) is 27.0 Å². The Morgan fingerprint density at radius 3 is 2.35 bits per heavy atom. The van der Waals surface area contributed by atoms with Crippen molar-refractivity contribution >= 4 is 40.4 Å². The molecule has 10 nitrogen and oxygen atoms in total. The summed E-state index contributed by atoms with van der Waals surface area (Å²) in [6.45, 7) is 6.31. The minimum Gasteiger partial charge on any atom is -0.458 e. The molecule has 0 saturated heterocycles. The van der Waals surface area contributed by atoms with Gasteiger partial charge in [-0.3, -0.25) is 18.8 Å². The maximum Gasteiger partial charge on any atom is 0.348 e. The van der Waals surface area contributed by atoms with Crippen LogP contribution in [0, 0.1) is 5.41 Å². The summed E-state index contributed by atoms with van der Waals surface area (Å²) in [6, 6.07) is 3.38. The number of nitrogens with one attached hydrogen (secondary N) is 1. The van der Waals surface area contributed by atoms with Gasteiger partial charge in [0.15, 0.2) is 5.37 Å². The number of rotatable bonds is 11. The summed E-state index contributed by atoms with van der Waals surface area (Å²) in [5, 5.41) is 1.05. The first-order valence-corrected chi connectivity index (χ1v) is 10.7. The smallest absolute Gasteiger partial charge is 0.348 e. The van der Waals surface area contributed by atoms with Gasteiger partial charge >= 0.3 is 11.9 Å². The van der Waals surface area contributed by atoms with Gasteiger partial charge < -0.3 is 14.8 Å². The van der Waals surface area contributed by atoms with Crippen molar-refractivity contribution in [1.82, 2.24) is 10.3 Å². The number of aromatic nitrogens is 1. The third-order valence-corrected chi connectivity index (χ3v) is 5.58. The first-order valence-electron chi connectivity index (χ1n) is 9.27. The van der Waals surface area contributed by atoms with E-state index in [1.807, 2.05) is 0 Å². The van der Waals surface area contributed by atoms with Crippen LogP contribution < -0.4 is 5.32 Å². The molecule has 0 aliphatic heterocycles. The van der Waals surface area contributed by atoms with Crippen LogP contribution in [-0.4, -0.2) is 49.3 Å². The van der Waals surface area contributed by atoms with Crippen LogP contribution in [0.15, 0.2) is 24.5 Å². The number of carbonyl (C=O) groups excluding carboxylic acids is 3. The van der Waals surface area contributed by atoms with Crippen LogP contribution in [0.4, 0.5) is 0 Å². The lowest BCUT2D eigenvalue weighted by Crippen LogP contribution is -2.46. The van der Waals surface area contributed by atoms with Gasteiger partial charge in [-0.2, -0.15) is 8.42 Å². The highest BCUT2D eigenvalue weighted by Crippen LogP contribution is 2.27. The fraction of sp³-hybridized carbons (Fsp3) is 0.579. The van der Waals surface area contributed by atoms with Crippen LogP contribution in [0.2, 0.25) is 0 Å². The summed E-state index contributed by atoms with van der Waals surface area (Å²) in [5.41, 5.74) is -0.621. The molecule has 1 rings (SSSR count). The number of esters is 2. The lowest BCUT2D eigenvalue weighted by molar-refractivity contribution is -0.177. The van der Waals surface area contributed by atoms with E-state index in [2.05, 4.69) is 10.3 Å². The van der Waals surface area contributed by atoms with Crippen LogP contribution in [-0.2, 0) is 44.8 Å². The Kier molecular flexibility index (Phi) is 11.7. The van der Waals surface area contributed by atoms with Crippen LogP contribution in [0.5, 0.6) is 0 Å². The maximum absolute atomic E-state index is 12.6. The molecule has 2 atom stereocenters. The Morgan fingerprint density at radius 2 is 1.87 bits per heavy atom. The molecule has 31 heavy (non-hydrogen) atoms. The fourth-order valence-electron chi connectivity index (χ4n) is 2.40. The molecule has 0 fully saturated rings. The number of ether oxygens (including phenoxy) is 2. The molecule has 1 amide bonds. The van der Waals surface area contributed by atoms with Gasteiger partial charge in [-0.1, -0.05) is 26.8 Å². The zero-order valence-corrected chi connectivity index (χ0v) is 19.7. The summed E-state index contributed by atoms with van der Waals surface area (Å²) < 4.78 is 40.2. The molecule has 1 aromatic rings. The molecule has 1 unspecified atom stereocenters. The van der Waals surface area contributed by atoms with Crippen molar-refractivity contribution in [3.05, 3.63) is 30.1 Å². The highest BCUT2D eigenvalue weighted by atomic mass is 35.5. The number of carbonyl (C=O) groups is 3. The highest BCUT2D eigenvalue weighted by Gasteiger charge is 2.41. The van der Waals surface area contributed by atoms with Crippen LogP contribution in [0.3, 0.4) is 0 Å². The van der Waals surface area contributed by atoms with Gasteiger partial charge in [0.1, 0.15) is 6.61 Å². The van der Waals surface area contributed by atoms with Crippen molar-refractivity contribution in [2.45, 2.75) is 59.1 Å². The average molecular weight is 481 g/mol. The first-order chi connectivity index (χ1) is 13.9. The second kappa shape index (κ2) is 12.6. The fourth-order valence-corrected chi connectivity index (χ4v) is 3.75. The van der Waals surface area contributed by atoms with Gasteiger partial charge in [0.25, 0.3) is 10.1 Å². The van der Waals surface area contributed by atoms with E-state index in [-0.39, 0.29) is 25.4 Å². The molecule has 0 saturated carbocycles. The molecule has 1 N–H and O–H groups in total. The lowest BCUT2D eigenvalue weighted by atomic mass is 9.87. The monoisotopic (exact) mass is 480 g/mol. The van der Waals surface area contributed by atoms with E-state index in [1.54, 1.807) is 25.3 Å². The summed E-state index contributed by atoms with van der Waals surface area (Å²) in [4.78, 5) is 39.2. The molecular formula is C19H29ClN2O8S. The van der Waals surface area contributed by atoms with Gasteiger partial charge in [-0.15, -0.1) is 12.4 Å². The largest absolute Gasteiger partial charge is 0.458 e. The predicted molar refractivity (Wildman–Crippen MR) is 113 cm³/mol. The van der Waals surface area contributed by atoms with E-state index < -0.39 is 51.5 Å². The lowest BCUT2D eigenvalue weighted by Gasteiger charge is -2.31. The molecule has 0 bridgehead atoms.